The van der Waals surface area contributed by atoms with Gasteiger partial charge in [0.1, 0.15) is 11.5 Å². The first kappa shape index (κ1) is 20.2. The highest BCUT2D eigenvalue weighted by Gasteiger charge is 2.12. The lowest BCUT2D eigenvalue weighted by Gasteiger charge is -2.09. The number of benzene rings is 2. The number of aromatic nitrogens is 1. The summed E-state index contributed by atoms with van der Waals surface area (Å²) in [5.41, 5.74) is 3.45. The van der Waals surface area contributed by atoms with Crippen LogP contribution >= 0.6 is 0 Å². The maximum absolute atomic E-state index is 11.1. The zero-order valence-corrected chi connectivity index (χ0v) is 16.6. The number of carbonyl (C=O) groups is 1. The van der Waals surface area contributed by atoms with Gasteiger partial charge in [-0.2, -0.15) is 0 Å². The Balaban J connectivity index is 1.64. The van der Waals surface area contributed by atoms with Crippen molar-refractivity contribution in [2.24, 2.45) is 0 Å². The number of ether oxygens (including phenoxy) is 2. The molecular formula is C23H23NO5. The lowest BCUT2D eigenvalue weighted by molar-refractivity contribution is -0.135. The largest absolute Gasteiger partial charge is 0.493 e. The maximum Gasteiger partial charge on any atom is 0.371 e. The van der Waals surface area contributed by atoms with Gasteiger partial charge in [0.25, 0.3) is 0 Å². The van der Waals surface area contributed by atoms with Gasteiger partial charge < -0.3 is 19.0 Å². The Bertz CT molecular complexity index is 1020. The van der Waals surface area contributed by atoms with Gasteiger partial charge in [0.2, 0.25) is 11.6 Å². The van der Waals surface area contributed by atoms with Crippen molar-refractivity contribution in [3.63, 3.8) is 0 Å². The molecule has 3 rings (SSSR count). The van der Waals surface area contributed by atoms with Gasteiger partial charge >= 0.3 is 5.97 Å². The summed E-state index contributed by atoms with van der Waals surface area (Å²) in [7, 11) is 1.33. The first-order valence-corrected chi connectivity index (χ1v) is 9.22. The third-order valence-electron chi connectivity index (χ3n) is 4.44. The maximum atomic E-state index is 11.1. The topological polar surface area (TPSA) is 81.8 Å². The fraction of sp³-hybridized carbons (Fsp3) is 0.217. The van der Waals surface area contributed by atoms with Crippen molar-refractivity contribution < 1.29 is 23.8 Å². The number of aliphatic carboxylic acids is 1. The normalized spacial score (nSPS) is 11.3. The number of nitrogens with zero attached hydrogens (tertiary/aromatic N) is 1. The van der Waals surface area contributed by atoms with Crippen molar-refractivity contribution in [1.82, 2.24) is 4.98 Å². The number of hydrogen-bond donors (Lipinski definition) is 1. The minimum atomic E-state index is -1.11. The summed E-state index contributed by atoms with van der Waals surface area (Å²) in [5, 5.41) is 9.05. The quantitative estimate of drug-likeness (QED) is 0.443. The molecule has 6 heteroatoms. The second kappa shape index (κ2) is 9.10. The van der Waals surface area contributed by atoms with Gasteiger partial charge in [0.05, 0.1) is 19.4 Å². The molecule has 3 aromatic rings. The number of rotatable bonds is 8. The molecule has 0 saturated carbocycles. The molecule has 1 aromatic heterocycles. The van der Waals surface area contributed by atoms with Crippen molar-refractivity contribution in [1.29, 1.82) is 0 Å². The predicted molar refractivity (Wildman–Crippen MR) is 110 cm³/mol. The summed E-state index contributed by atoms with van der Waals surface area (Å²) in [4.78, 5) is 15.6. The van der Waals surface area contributed by atoms with Crippen LogP contribution in [-0.4, -0.2) is 29.8 Å². The standard InChI is InChI=1S/C23H23NO5/c1-15-13-17(14-21(27-3)23(25)26)9-10-20(15)28-12-11-19-16(2)29-22(24-19)18-7-5-4-6-8-18/h4-10,13-14H,11-12H2,1-3H3,(H,25,26)/b21-14+. The molecule has 1 N–H and O–H groups in total. The van der Waals surface area contributed by atoms with Crippen molar-refractivity contribution >= 4 is 12.0 Å². The van der Waals surface area contributed by atoms with Crippen LogP contribution in [0.1, 0.15) is 22.6 Å². The molecule has 0 atom stereocenters. The number of carboxylic acids is 1. The van der Waals surface area contributed by atoms with Crippen LogP contribution in [0, 0.1) is 13.8 Å². The van der Waals surface area contributed by atoms with E-state index in [9.17, 15) is 4.79 Å². The van der Waals surface area contributed by atoms with Crippen molar-refractivity contribution in [3.05, 3.63) is 76.9 Å². The molecule has 29 heavy (non-hydrogen) atoms. The van der Waals surface area contributed by atoms with Crippen molar-refractivity contribution in [2.75, 3.05) is 13.7 Å². The zero-order valence-electron chi connectivity index (χ0n) is 16.6. The first-order chi connectivity index (χ1) is 14.0. The van der Waals surface area contributed by atoms with Gasteiger partial charge in [-0.05, 0) is 55.3 Å². The van der Waals surface area contributed by atoms with Crippen LogP contribution in [0.2, 0.25) is 0 Å². The van der Waals surface area contributed by atoms with Crippen LogP contribution in [0.25, 0.3) is 17.5 Å². The lowest BCUT2D eigenvalue weighted by atomic mass is 10.1. The molecule has 150 valence electrons. The highest BCUT2D eigenvalue weighted by atomic mass is 16.5. The fourth-order valence-electron chi connectivity index (χ4n) is 2.91. The summed E-state index contributed by atoms with van der Waals surface area (Å²) < 4.78 is 16.5. The Labute approximate surface area is 169 Å². The van der Waals surface area contributed by atoms with Crippen LogP contribution in [0.15, 0.2) is 58.7 Å². The molecular weight excluding hydrogens is 370 g/mol. The smallest absolute Gasteiger partial charge is 0.371 e. The van der Waals surface area contributed by atoms with E-state index >= 15 is 0 Å². The fourth-order valence-corrected chi connectivity index (χ4v) is 2.91. The minimum Gasteiger partial charge on any atom is -0.493 e. The summed E-state index contributed by atoms with van der Waals surface area (Å²) in [6.07, 6.45) is 2.10. The molecule has 0 radical (unpaired) electrons. The molecule has 1 heterocycles. The third-order valence-corrected chi connectivity index (χ3v) is 4.44. The van der Waals surface area contributed by atoms with Gasteiger partial charge in [0.15, 0.2) is 0 Å². The molecule has 6 nitrogen and oxygen atoms in total. The molecule has 0 spiro atoms. The molecule has 0 unspecified atom stereocenters. The van der Waals surface area contributed by atoms with E-state index in [1.807, 2.05) is 56.3 Å². The summed E-state index contributed by atoms with van der Waals surface area (Å²) in [5.74, 6) is 0.904. The van der Waals surface area contributed by atoms with E-state index in [2.05, 4.69) is 4.98 Å². The van der Waals surface area contributed by atoms with Crippen LogP contribution in [0.3, 0.4) is 0 Å². The van der Waals surface area contributed by atoms with Gasteiger partial charge in [-0.15, -0.1) is 0 Å². The Morgan fingerprint density at radius 3 is 2.59 bits per heavy atom. The molecule has 0 saturated heterocycles. The van der Waals surface area contributed by atoms with E-state index < -0.39 is 5.97 Å². The molecule has 0 amide bonds. The summed E-state index contributed by atoms with van der Waals surface area (Å²) >= 11 is 0. The average Bonchev–Trinajstić information content (AvgIpc) is 3.08. The number of oxazole rings is 1. The minimum absolute atomic E-state index is 0.117. The van der Waals surface area contributed by atoms with Gasteiger partial charge in [-0.25, -0.2) is 9.78 Å². The second-order valence-electron chi connectivity index (χ2n) is 6.53. The highest BCUT2D eigenvalue weighted by Crippen LogP contribution is 2.23. The monoisotopic (exact) mass is 393 g/mol. The van der Waals surface area contributed by atoms with Gasteiger partial charge in [0, 0.05) is 12.0 Å². The van der Waals surface area contributed by atoms with Crippen LogP contribution < -0.4 is 4.74 Å². The second-order valence-corrected chi connectivity index (χ2v) is 6.53. The summed E-state index contributed by atoms with van der Waals surface area (Å²) in [6.45, 7) is 4.27. The molecule has 0 aliphatic carbocycles. The van der Waals surface area contributed by atoms with E-state index in [1.54, 1.807) is 6.07 Å². The van der Waals surface area contributed by atoms with E-state index in [-0.39, 0.29) is 5.76 Å². The molecule has 0 bridgehead atoms. The average molecular weight is 393 g/mol. The Morgan fingerprint density at radius 1 is 1.17 bits per heavy atom. The highest BCUT2D eigenvalue weighted by molar-refractivity contribution is 5.89. The van der Waals surface area contributed by atoms with E-state index in [4.69, 9.17) is 19.0 Å². The lowest BCUT2D eigenvalue weighted by Crippen LogP contribution is -2.04. The van der Waals surface area contributed by atoms with Crippen LogP contribution in [-0.2, 0) is 16.0 Å². The van der Waals surface area contributed by atoms with Crippen molar-refractivity contribution in [2.45, 2.75) is 20.3 Å². The Morgan fingerprint density at radius 2 is 1.93 bits per heavy atom. The van der Waals surface area contributed by atoms with Crippen LogP contribution in [0.4, 0.5) is 0 Å². The van der Waals surface area contributed by atoms with Gasteiger partial charge in [-0.3, -0.25) is 0 Å². The molecule has 0 aliphatic rings. The van der Waals surface area contributed by atoms with Gasteiger partial charge in [-0.1, -0.05) is 24.3 Å². The predicted octanol–water partition coefficient (Wildman–Crippen LogP) is 4.65. The Kier molecular flexibility index (Phi) is 6.34. The zero-order chi connectivity index (χ0) is 20.8. The Hall–Kier alpha value is -3.54. The number of hydrogen-bond acceptors (Lipinski definition) is 5. The van der Waals surface area contributed by atoms with E-state index in [0.29, 0.717) is 18.9 Å². The summed E-state index contributed by atoms with van der Waals surface area (Å²) in [6, 6.07) is 15.2. The molecule has 2 aromatic carbocycles. The molecule has 0 fully saturated rings. The number of methoxy groups -OCH3 is 1. The van der Waals surface area contributed by atoms with E-state index in [1.165, 1.54) is 13.2 Å². The number of carboxylic acid groups (broad SMARTS) is 1. The first-order valence-electron chi connectivity index (χ1n) is 9.22. The third kappa shape index (κ3) is 5.04. The van der Waals surface area contributed by atoms with E-state index in [0.717, 1.165) is 33.9 Å². The van der Waals surface area contributed by atoms with Crippen molar-refractivity contribution in [3.8, 4) is 17.2 Å². The number of aryl methyl sites for hydroxylation is 2. The molecule has 0 aliphatic heterocycles. The van der Waals surface area contributed by atoms with Crippen LogP contribution in [0.5, 0.6) is 5.75 Å². The SMILES string of the molecule is CO/C(=C/c1ccc(OCCc2nc(-c3ccccc3)oc2C)c(C)c1)C(=O)O.